The third-order valence-corrected chi connectivity index (χ3v) is 2.05. The van der Waals surface area contributed by atoms with Gasteiger partial charge in [0.1, 0.15) is 0 Å². The monoisotopic (exact) mass is 186 g/mol. The average molecular weight is 186 g/mol. The van der Waals surface area contributed by atoms with E-state index in [0.29, 0.717) is 19.6 Å². The van der Waals surface area contributed by atoms with Crippen molar-refractivity contribution in [2.45, 2.75) is 20.8 Å². The smallest absolute Gasteiger partial charge is 0.312 e. The van der Waals surface area contributed by atoms with E-state index in [1.54, 1.807) is 7.05 Å². The van der Waals surface area contributed by atoms with E-state index in [4.69, 9.17) is 0 Å². The minimum absolute atomic E-state index is 0.408. The van der Waals surface area contributed by atoms with Crippen molar-refractivity contribution in [1.82, 2.24) is 9.80 Å². The van der Waals surface area contributed by atoms with Crippen LogP contribution in [0.4, 0.5) is 0 Å². The second-order valence-corrected chi connectivity index (χ2v) is 2.80. The lowest BCUT2D eigenvalue weighted by atomic mass is 10.4. The number of carbonyl (C=O) groups is 2. The average Bonchev–Trinajstić information content (AvgIpc) is 2.17. The lowest BCUT2D eigenvalue weighted by Gasteiger charge is -2.21. The van der Waals surface area contributed by atoms with Gasteiger partial charge in [-0.05, 0) is 20.8 Å². The summed E-state index contributed by atoms with van der Waals surface area (Å²) in [7, 11) is 1.63. The first-order valence-electron chi connectivity index (χ1n) is 4.62. The van der Waals surface area contributed by atoms with Gasteiger partial charge in [0.05, 0.1) is 0 Å². The predicted molar refractivity (Wildman–Crippen MR) is 51.2 cm³/mol. The van der Waals surface area contributed by atoms with Gasteiger partial charge in [0, 0.05) is 26.7 Å². The second kappa shape index (κ2) is 5.56. The minimum atomic E-state index is -0.425. The van der Waals surface area contributed by atoms with E-state index in [0.717, 1.165) is 0 Å². The van der Waals surface area contributed by atoms with Crippen LogP contribution < -0.4 is 0 Å². The zero-order valence-electron chi connectivity index (χ0n) is 8.83. The molecule has 0 rings (SSSR count). The number of amides is 2. The SMILES string of the molecule is CCN(C)C(=O)C(=O)N(CC)CC. The highest BCUT2D eigenvalue weighted by atomic mass is 16.2. The van der Waals surface area contributed by atoms with Crippen LogP contribution in [0.15, 0.2) is 0 Å². The molecule has 0 saturated heterocycles. The Morgan fingerprint density at radius 2 is 1.38 bits per heavy atom. The van der Waals surface area contributed by atoms with Crippen LogP contribution in [0, 0.1) is 0 Å². The molecule has 0 aromatic rings. The Kier molecular flexibility index (Phi) is 5.11. The first-order valence-corrected chi connectivity index (χ1v) is 4.62. The van der Waals surface area contributed by atoms with E-state index < -0.39 is 11.8 Å². The van der Waals surface area contributed by atoms with Crippen molar-refractivity contribution in [3.63, 3.8) is 0 Å². The van der Waals surface area contributed by atoms with Gasteiger partial charge in [-0.15, -0.1) is 0 Å². The largest absolute Gasteiger partial charge is 0.338 e. The Bertz CT molecular complexity index is 188. The zero-order chi connectivity index (χ0) is 10.4. The Labute approximate surface area is 79.5 Å². The molecular formula is C9H18N2O2. The van der Waals surface area contributed by atoms with Gasteiger partial charge in [-0.1, -0.05) is 0 Å². The van der Waals surface area contributed by atoms with Gasteiger partial charge >= 0.3 is 11.8 Å². The van der Waals surface area contributed by atoms with Crippen LogP contribution >= 0.6 is 0 Å². The van der Waals surface area contributed by atoms with E-state index in [1.807, 2.05) is 20.8 Å². The molecule has 4 nitrogen and oxygen atoms in total. The maximum absolute atomic E-state index is 11.4. The summed E-state index contributed by atoms with van der Waals surface area (Å²) in [5.41, 5.74) is 0. The summed E-state index contributed by atoms with van der Waals surface area (Å²) in [6.45, 7) is 7.29. The lowest BCUT2D eigenvalue weighted by molar-refractivity contribution is -0.150. The fraction of sp³-hybridized carbons (Fsp3) is 0.778. The summed E-state index contributed by atoms with van der Waals surface area (Å²) in [6.07, 6.45) is 0. The van der Waals surface area contributed by atoms with E-state index in [1.165, 1.54) is 9.80 Å². The summed E-state index contributed by atoms with van der Waals surface area (Å²) in [5.74, 6) is -0.833. The third-order valence-electron chi connectivity index (χ3n) is 2.05. The Morgan fingerprint density at radius 1 is 0.923 bits per heavy atom. The fourth-order valence-corrected chi connectivity index (χ4v) is 0.953. The van der Waals surface area contributed by atoms with E-state index in [2.05, 4.69) is 0 Å². The van der Waals surface area contributed by atoms with E-state index in [-0.39, 0.29) is 0 Å². The lowest BCUT2D eigenvalue weighted by Crippen LogP contribution is -2.43. The van der Waals surface area contributed by atoms with Crippen molar-refractivity contribution in [2.75, 3.05) is 26.7 Å². The standard InChI is InChI=1S/C9H18N2O2/c1-5-10(4)8(12)9(13)11(6-2)7-3/h5-7H2,1-4H3. The molecule has 4 heteroatoms. The summed E-state index contributed by atoms with van der Waals surface area (Å²) in [5, 5.41) is 0. The van der Waals surface area contributed by atoms with Crippen molar-refractivity contribution in [3.05, 3.63) is 0 Å². The van der Waals surface area contributed by atoms with Crippen LogP contribution in [0.1, 0.15) is 20.8 Å². The Morgan fingerprint density at radius 3 is 1.69 bits per heavy atom. The van der Waals surface area contributed by atoms with Crippen LogP contribution in [0.25, 0.3) is 0 Å². The fourth-order valence-electron chi connectivity index (χ4n) is 0.953. The molecule has 0 N–H and O–H groups in total. The maximum atomic E-state index is 11.4. The normalized spacial score (nSPS) is 9.54. The van der Waals surface area contributed by atoms with E-state index >= 15 is 0 Å². The molecule has 0 radical (unpaired) electrons. The van der Waals surface area contributed by atoms with Crippen LogP contribution in [0.5, 0.6) is 0 Å². The van der Waals surface area contributed by atoms with Crippen molar-refractivity contribution in [1.29, 1.82) is 0 Å². The molecule has 0 aliphatic heterocycles. The maximum Gasteiger partial charge on any atom is 0.312 e. The number of carbonyl (C=O) groups excluding carboxylic acids is 2. The first kappa shape index (κ1) is 11.9. The van der Waals surface area contributed by atoms with Gasteiger partial charge in [-0.25, -0.2) is 0 Å². The molecule has 0 heterocycles. The van der Waals surface area contributed by atoms with Crippen LogP contribution in [0.2, 0.25) is 0 Å². The summed E-state index contributed by atoms with van der Waals surface area (Å²) in [6, 6.07) is 0. The molecule has 0 saturated carbocycles. The number of nitrogens with zero attached hydrogens (tertiary/aromatic N) is 2. The molecule has 13 heavy (non-hydrogen) atoms. The van der Waals surface area contributed by atoms with Crippen LogP contribution in [-0.2, 0) is 9.59 Å². The molecule has 0 aromatic carbocycles. The first-order chi connectivity index (χ1) is 6.08. The number of likely N-dealkylation sites (N-methyl/N-ethyl adjacent to an activating group) is 2. The zero-order valence-corrected chi connectivity index (χ0v) is 8.83. The molecule has 2 amide bonds. The molecule has 0 bridgehead atoms. The molecule has 0 aromatic heterocycles. The molecule has 0 fully saturated rings. The Balaban J connectivity index is 4.32. The number of hydrogen-bond donors (Lipinski definition) is 0. The topological polar surface area (TPSA) is 40.6 Å². The molecule has 0 atom stereocenters. The van der Waals surface area contributed by atoms with Gasteiger partial charge < -0.3 is 9.80 Å². The predicted octanol–water partition coefficient (Wildman–Crippen LogP) is 0.333. The van der Waals surface area contributed by atoms with Gasteiger partial charge in [0.15, 0.2) is 0 Å². The highest BCUT2D eigenvalue weighted by Gasteiger charge is 2.21. The summed E-state index contributed by atoms with van der Waals surface area (Å²) < 4.78 is 0. The number of rotatable bonds is 3. The van der Waals surface area contributed by atoms with Gasteiger partial charge in [0.25, 0.3) is 0 Å². The highest BCUT2D eigenvalue weighted by Crippen LogP contribution is 1.93. The summed E-state index contributed by atoms with van der Waals surface area (Å²) in [4.78, 5) is 25.7. The highest BCUT2D eigenvalue weighted by molar-refractivity contribution is 6.34. The van der Waals surface area contributed by atoms with Gasteiger partial charge in [0.2, 0.25) is 0 Å². The third kappa shape index (κ3) is 3.05. The second-order valence-electron chi connectivity index (χ2n) is 2.80. The molecular weight excluding hydrogens is 168 g/mol. The van der Waals surface area contributed by atoms with Crippen molar-refractivity contribution >= 4 is 11.8 Å². The van der Waals surface area contributed by atoms with Crippen molar-refractivity contribution in [3.8, 4) is 0 Å². The molecule has 0 unspecified atom stereocenters. The van der Waals surface area contributed by atoms with E-state index in [9.17, 15) is 9.59 Å². The quantitative estimate of drug-likeness (QED) is 0.596. The molecule has 76 valence electrons. The summed E-state index contributed by atoms with van der Waals surface area (Å²) >= 11 is 0. The van der Waals surface area contributed by atoms with Gasteiger partial charge in [-0.3, -0.25) is 9.59 Å². The molecule has 0 spiro atoms. The van der Waals surface area contributed by atoms with Crippen molar-refractivity contribution in [2.24, 2.45) is 0 Å². The molecule has 0 aliphatic rings. The van der Waals surface area contributed by atoms with Gasteiger partial charge in [-0.2, -0.15) is 0 Å². The minimum Gasteiger partial charge on any atom is -0.338 e. The molecule has 0 aliphatic carbocycles. The Hall–Kier alpha value is -1.06. The number of hydrogen-bond acceptors (Lipinski definition) is 2. The van der Waals surface area contributed by atoms with Crippen LogP contribution in [0.3, 0.4) is 0 Å². The van der Waals surface area contributed by atoms with Crippen molar-refractivity contribution < 1.29 is 9.59 Å². The van der Waals surface area contributed by atoms with Crippen LogP contribution in [-0.4, -0.2) is 48.3 Å².